The summed E-state index contributed by atoms with van der Waals surface area (Å²) < 4.78 is 33.6. The van der Waals surface area contributed by atoms with Crippen molar-refractivity contribution in [2.75, 3.05) is 0 Å². The zero-order chi connectivity index (χ0) is 9.35. The predicted molar refractivity (Wildman–Crippen MR) is 40.1 cm³/mol. The maximum Gasteiger partial charge on any atom is 0.284 e. The largest absolute Gasteiger partial charge is 0.325 e. The third-order valence-corrected chi connectivity index (χ3v) is 2.45. The van der Waals surface area contributed by atoms with Crippen molar-refractivity contribution in [2.24, 2.45) is 0 Å². The molecule has 1 aromatic heterocycles. The number of nitrogens with one attached hydrogen (secondary N) is 1. The predicted octanol–water partition coefficient (Wildman–Crippen LogP) is 0.442. The van der Waals surface area contributed by atoms with Gasteiger partial charge in [0.15, 0.2) is 5.82 Å². The first-order chi connectivity index (χ1) is 5.41. The van der Waals surface area contributed by atoms with Crippen LogP contribution >= 0.6 is 10.7 Å². The van der Waals surface area contributed by atoms with Crippen LogP contribution in [0.1, 0.15) is 0 Å². The lowest BCUT2D eigenvalue weighted by Gasteiger charge is -1.93. The molecular formula is C5H3ClFNO3S. The Morgan fingerprint density at radius 1 is 1.50 bits per heavy atom. The van der Waals surface area contributed by atoms with Crippen LogP contribution in [-0.2, 0) is 9.05 Å². The first-order valence-electron chi connectivity index (χ1n) is 2.74. The number of aromatic nitrogens is 1. The van der Waals surface area contributed by atoms with Crippen molar-refractivity contribution in [1.29, 1.82) is 0 Å². The zero-order valence-electron chi connectivity index (χ0n) is 5.54. The molecule has 0 aliphatic carbocycles. The van der Waals surface area contributed by atoms with Crippen molar-refractivity contribution in [3.63, 3.8) is 0 Å². The van der Waals surface area contributed by atoms with Gasteiger partial charge in [0.05, 0.1) is 0 Å². The van der Waals surface area contributed by atoms with Gasteiger partial charge in [0.1, 0.15) is 4.90 Å². The maximum atomic E-state index is 12.4. The van der Waals surface area contributed by atoms with Crippen LogP contribution in [0.25, 0.3) is 0 Å². The molecule has 0 atom stereocenters. The van der Waals surface area contributed by atoms with Crippen LogP contribution in [0.15, 0.2) is 22.0 Å². The Labute approximate surface area is 71.4 Å². The minimum absolute atomic E-state index is 0.471. The van der Waals surface area contributed by atoms with E-state index in [-0.39, 0.29) is 0 Å². The minimum atomic E-state index is -3.98. The number of hydrogen-bond donors (Lipinski definition) is 1. The molecule has 66 valence electrons. The summed E-state index contributed by atoms with van der Waals surface area (Å²) in [6, 6.07) is 0.557. The van der Waals surface area contributed by atoms with Gasteiger partial charge >= 0.3 is 0 Å². The third-order valence-electron chi connectivity index (χ3n) is 1.11. The molecule has 7 heteroatoms. The first kappa shape index (κ1) is 9.21. The highest BCUT2D eigenvalue weighted by Crippen LogP contribution is 2.11. The molecule has 1 heterocycles. The van der Waals surface area contributed by atoms with Gasteiger partial charge in [-0.1, -0.05) is 0 Å². The second kappa shape index (κ2) is 2.87. The lowest BCUT2D eigenvalue weighted by molar-refractivity contribution is 0.592. The molecule has 0 unspecified atom stereocenters. The molecule has 0 saturated carbocycles. The molecule has 0 aliphatic heterocycles. The average molecular weight is 212 g/mol. The standard InChI is InChI=1S/C5H3ClFNO3S/c6-12(10,11)3-1-4(7)5(9)8-2-3/h1-2H,(H,8,9). The minimum Gasteiger partial charge on any atom is -0.325 e. The SMILES string of the molecule is O=c1[nH]cc(S(=O)(=O)Cl)cc1F. The highest BCUT2D eigenvalue weighted by atomic mass is 35.7. The molecule has 0 aliphatic rings. The van der Waals surface area contributed by atoms with Crippen molar-refractivity contribution in [3.05, 3.63) is 28.4 Å². The zero-order valence-corrected chi connectivity index (χ0v) is 7.12. The molecule has 0 amide bonds. The Morgan fingerprint density at radius 2 is 2.08 bits per heavy atom. The molecule has 1 rings (SSSR count). The van der Waals surface area contributed by atoms with Crippen molar-refractivity contribution >= 4 is 19.7 Å². The molecule has 0 aromatic carbocycles. The number of rotatable bonds is 1. The Hall–Kier alpha value is -0.880. The van der Waals surface area contributed by atoms with Crippen LogP contribution in [0.5, 0.6) is 0 Å². The summed E-state index contributed by atoms with van der Waals surface area (Å²) in [4.78, 5) is 11.8. The molecular weight excluding hydrogens is 209 g/mol. The highest BCUT2D eigenvalue weighted by Gasteiger charge is 2.11. The molecule has 0 fully saturated rings. The number of halogens is 2. The first-order valence-corrected chi connectivity index (χ1v) is 5.05. The summed E-state index contributed by atoms with van der Waals surface area (Å²) in [5.74, 6) is -1.18. The second-order valence-electron chi connectivity index (χ2n) is 1.95. The number of pyridine rings is 1. The van der Waals surface area contributed by atoms with Gasteiger partial charge in [-0.2, -0.15) is 0 Å². The highest BCUT2D eigenvalue weighted by molar-refractivity contribution is 8.13. The molecule has 1 N–H and O–H groups in total. The van der Waals surface area contributed by atoms with E-state index < -0.39 is 25.3 Å². The van der Waals surface area contributed by atoms with E-state index in [1.807, 2.05) is 4.98 Å². The summed E-state index contributed by atoms with van der Waals surface area (Å²) in [7, 11) is 0.886. The number of hydrogen-bond acceptors (Lipinski definition) is 3. The Morgan fingerprint density at radius 3 is 2.50 bits per heavy atom. The summed E-state index contributed by atoms with van der Waals surface area (Å²) in [5, 5.41) is 0. The fourth-order valence-electron chi connectivity index (χ4n) is 0.579. The van der Waals surface area contributed by atoms with Gasteiger partial charge in [-0.05, 0) is 0 Å². The molecule has 0 spiro atoms. The summed E-state index contributed by atoms with van der Waals surface area (Å²) in [6.07, 6.45) is 0.827. The van der Waals surface area contributed by atoms with E-state index >= 15 is 0 Å². The van der Waals surface area contributed by atoms with Crippen LogP contribution in [0.3, 0.4) is 0 Å². The van der Waals surface area contributed by atoms with Crippen molar-refractivity contribution in [1.82, 2.24) is 4.98 Å². The van der Waals surface area contributed by atoms with E-state index in [2.05, 4.69) is 0 Å². The van der Waals surface area contributed by atoms with Crippen LogP contribution in [-0.4, -0.2) is 13.4 Å². The Balaban J connectivity index is 3.43. The third kappa shape index (κ3) is 1.83. The van der Waals surface area contributed by atoms with Gasteiger partial charge in [-0.25, -0.2) is 12.8 Å². The number of aromatic amines is 1. The summed E-state index contributed by atoms with van der Waals surface area (Å²) in [6.45, 7) is 0. The van der Waals surface area contributed by atoms with E-state index in [0.29, 0.717) is 6.07 Å². The fraction of sp³-hybridized carbons (Fsp3) is 0. The van der Waals surface area contributed by atoms with Crippen LogP contribution in [0, 0.1) is 5.82 Å². The summed E-state index contributed by atoms with van der Waals surface area (Å²) in [5.41, 5.74) is -0.987. The molecule has 0 saturated heterocycles. The van der Waals surface area contributed by atoms with Crippen LogP contribution in [0.2, 0.25) is 0 Å². The molecule has 1 aromatic rings. The molecule has 0 radical (unpaired) electrons. The van der Waals surface area contributed by atoms with Gasteiger partial charge in [-0.15, -0.1) is 0 Å². The normalized spacial score (nSPS) is 11.5. The monoisotopic (exact) mass is 211 g/mol. The summed E-state index contributed by atoms with van der Waals surface area (Å²) >= 11 is 0. The van der Waals surface area contributed by atoms with Crippen LogP contribution < -0.4 is 5.56 Å². The average Bonchev–Trinajstić information content (AvgIpc) is 1.92. The quantitative estimate of drug-likeness (QED) is 0.686. The van der Waals surface area contributed by atoms with Crippen molar-refractivity contribution in [3.8, 4) is 0 Å². The smallest absolute Gasteiger partial charge is 0.284 e. The van der Waals surface area contributed by atoms with Gasteiger partial charge in [0.25, 0.3) is 14.6 Å². The molecule has 12 heavy (non-hydrogen) atoms. The lowest BCUT2D eigenvalue weighted by Crippen LogP contribution is -2.10. The molecule has 0 bridgehead atoms. The van der Waals surface area contributed by atoms with E-state index in [0.717, 1.165) is 6.20 Å². The van der Waals surface area contributed by atoms with Gasteiger partial charge in [0.2, 0.25) is 0 Å². The Kier molecular flexibility index (Phi) is 2.20. The second-order valence-corrected chi connectivity index (χ2v) is 4.52. The van der Waals surface area contributed by atoms with Crippen LogP contribution in [0.4, 0.5) is 4.39 Å². The number of H-pyrrole nitrogens is 1. The van der Waals surface area contributed by atoms with Gasteiger partial charge < -0.3 is 4.98 Å². The van der Waals surface area contributed by atoms with Gasteiger partial charge in [-0.3, -0.25) is 4.79 Å². The van der Waals surface area contributed by atoms with Crippen molar-refractivity contribution in [2.45, 2.75) is 4.90 Å². The van der Waals surface area contributed by atoms with Crippen molar-refractivity contribution < 1.29 is 12.8 Å². The lowest BCUT2D eigenvalue weighted by atomic mass is 10.5. The van der Waals surface area contributed by atoms with E-state index in [1.165, 1.54) is 0 Å². The molecule has 4 nitrogen and oxygen atoms in total. The van der Waals surface area contributed by atoms with E-state index in [9.17, 15) is 17.6 Å². The van der Waals surface area contributed by atoms with E-state index in [1.54, 1.807) is 0 Å². The topological polar surface area (TPSA) is 67.0 Å². The Bertz CT molecular complexity index is 452. The maximum absolute atomic E-state index is 12.4. The van der Waals surface area contributed by atoms with Gasteiger partial charge in [0, 0.05) is 22.9 Å². The van der Waals surface area contributed by atoms with E-state index in [4.69, 9.17) is 10.7 Å². The fourth-order valence-corrected chi connectivity index (χ4v) is 1.29.